The molecule has 116 valence electrons. The van der Waals surface area contributed by atoms with E-state index in [0.717, 1.165) is 42.9 Å². The molecule has 0 aromatic carbocycles. The molecule has 0 aromatic rings. The normalized spacial score (nSPS) is 55.8. The molecule has 21 heavy (non-hydrogen) atoms. The highest BCUT2D eigenvalue weighted by Crippen LogP contribution is 2.65. The number of hydrogen-bond acceptors (Lipinski definition) is 1. The Morgan fingerprint density at radius 2 is 1.76 bits per heavy atom. The van der Waals surface area contributed by atoms with Gasteiger partial charge < -0.3 is 0 Å². The van der Waals surface area contributed by atoms with Crippen LogP contribution in [0.2, 0.25) is 0 Å². The van der Waals surface area contributed by atoms with E-state index in [2.05, 4.69) is 32.9 Å². The summed E-state index contributed by atoms with van der Waals surface area (Å²) < 4.78 is 0. The molecule has 7 atom stereocenters. The molecule has 1 heteroatoms. The molecular weight excluding hydrogens is 256 g/mol. The van der Waals surface area contributed by atoms with E-state index in [1.54, 1.807) is 0 Å². The molecule has 0 aromatic heterocycles. The van der Waals surface area contributed by atoms with Gasteiger partial charge in [0, 0.05) is 12.8 Å². The molecule has 1 nitrogen and oxygen atoms in total. The lowest BCUT2D eigenvalue weighted by molar-refractivity contribution is -0.128. The number of hydrogen-bond donors (Lipinski definition) is 0. The summed E-state index contributed by atoms with van der Waals surface area (Å²) in [6.07, 6.45) is 13.5. The van der Waals surface area contributed by atoms with E-state index < -0.39 is 0 Å². The Hall–Kier alpha value is -0.590. The van der Waals surface area contributed by atoms with Crippen molar-refractivity contribution in [3.05, 3.63) is 12.2 Å². The number of rotatable bonds is 0. The quantitative estimate of drug-likeness (QED) is 0.572. The van der Waals surface area contributed by atoms with Crippen LogP contribution in [-0.4, -0.2) is 5.78 Å². The minimum Gasteiger partial charge on any atom is -0.300 e. The predicted octanol–water partition coefficient (Wildman–Crippen LogP) is 5.01. The summed E-state index contributed by atoms with van der Waals surface area (Å²) in [6, 6.07) is 0. The van der Waals surface area contributed by atoms with Crippen LogP contribution in [-0.2, 0) is 4.79 Å². The van der Waals surface area contributed by atoms with E-state index >= 15 is 0 Å². The molecular formula is C20H30O. The molecule has 4 aliphatic carbocycles. The SMILES string of the molecule is C[C@H]1CCC2C3C=CC4CC(=O)CC[C@]4(C)C3CC[C@@]21C. The van der Waals surface area contributed by atoms with Crippen molar-refractivity contribution in [1.82, 2.24) is 0 Å². The monoisotopic (exact) mass is 286 g/mol. The van der Waals surface area contributed by atoms with Gasteiger partial charge in [0.15, 0.2) is 0 Å². The molecule has 0 N–H and O–H groups in total. The Balaban J connectivity index is 1.69. The molecule has 4 unspecified atom stereocenters. The Morgan fingerprint density at radius 3 is 2.57 bits per heavy atom. The maximum Gasteiger partial charge on any atom is 0.133 e. The molecule has 0 spiro atoms. The highest BCUT2D eigenvalue weighted by Gasteiger charge is 2.57. The number of allylic oxidation sites excluding steroid dienone is 2. The zero-order valence-corrected chi connectivity index (χ0v) is 13.9. The van der Waals surface area contributed by atoms with Gasteiger partial charge >= 0.3 is 0 Å². The van der Waals surface area contributed by atoms with Crippen LogP contribution in [0, 0.1) is 40.4 Å². The van der Waals surface area contributed by atoms with Crippen LogP contribution in [0.25, 0.3) is 0 Å². The molecule has 4 aliphatic rings. The van der Waals surface area contributed by atoms with Crippen molar-refractivity contribution >= 4 is 5.78 Å². The summed E-state index contributed by atoms with van der Waals surface area (Å²) in [4.78, 5) is 11.9. The molecule has 3 fully saturated rings. The summed E-state index contributed by atoms with van der Waals surface area (Å²) in [5.74, 6) is 4.46. The molecule has 0 bridgehead atoms. The van der Waals surface area contributed by atoms with E-state index in [9.17, 15) is 4.79 Å². The number of Topliss-reactive ketones (excluding diaryl/α,β-unsaturated/α-hetero) is 1. The molecule has 0 amide bonds. The van der Waals surface area contributed by atoms with Gasteiger partial charge in [-0.2, -0.15) is 0 Å². The molecule has 0 aliphatic heterocycles. The van der Waals surface area contributed by atoms with Crippen molar-refractivity contribution in [2.24, 2.45) is 40.4 Å². The van der Waals surface area contributed by atoms with Crippen LogP contribution in [0.15, 0.2) is 12.2 Å². The first kappa shape index (κ1) is 14.0. The van der Waals surface area contributed by atoms with Gasteiger partial charge in [-0.15, -0.1) is 0 Å². The summed E-state index contributed by atoms with van der Waals surface area (Å²) in [7, 11) is 0. The zero-order valence-electron chi connectivity index (χ0n) is 13.9. The van der Waals surface area contributed by atoms with Gasteiger partial charge in [0.2, 0.25) is 0 Å². The smallest absolute Gasteiger partial charge is 0.133 e. The van der Waals surface area contributed by atoms with Gasteiger partial charge in [-0.05, 0) is 72.5 Å². The lowest BCUT2D eigenvalue weighted by atomic mass is 9.47. The van der Waals surface area contributed by atoms with Crippen LogP contribution < -0.4 is 0 Å². The minimum atomic E-state index is 0.403. The summed E-state index contributed by atoms with van der Waals surface area (Å²) >= 11 is 0. The third-order valence-corrected chi connectivity index (χ3v) is 8.46. The first-order valence-corrected chi connectivity index (χ1v) is 9.15. The van der Waals surface area contributed by atoms with Crippen molar-refractivity contribution in [2.45, 2.75) is 65.7 Å². The fourth-order valence-corrected chi connectivity index (χ4v) is 6.68. The van der Waals surface area contributed by atoms with Crippen LogP contribution in [0.5, 0.6) is 0 Å². The molecule has 0 saturated heterocycles. The first-order valence-electron chi connectivity index (χ1n) is 9.15. The molecule has 4 rings (SSSR count). The highest BCUT2D eigenvalue weighted by molar-refractivity contribution is 5.80. The fourth-order valence-electron chi connectivity index (χ4n) is 6.68. The van der Waals surface area contributed by atoms with Gasteiger partial charge in [0.05, 0.1) is 0 Å². The summed E-state index contributed by atoms with van der Waals surface area (Å²) in [5, 5.41) is 0. The third-order valence-electron chi connectivity index (χ3n) is 8.46. The summed E-state index contributed by atoms with van der Waals surface area (Å²) in [5.41, 5.74) is 0.986. The second kappa shape index (κ2) is 4.46. The molecule has 0 heterocycles. The van der Waals surface area contributed by atoms with Crippen molar-refractivity contribution in [2.75, 3.05) is 0 Å². The lowest BCUT2D eigenvalue weighted by Crippen LogP contribution is -2.51. The maximum absolute atomic E-state index is 11.9. The van der Waals surface area contributed by atoms with E-state index in [1.165, 1.54) is 25.7 Å². The number of carbonyl (C=O) groups excluding carboxylic acids is 1. The highest BCUT2D eigenvalue weighted by atomic mass is 16.1. The zero-order chi connectivity index (χ0) is 14.8. The lowest BCUT2D eigenvalue weighted by Gasteiger charge is -2.58. The maximum atomic E-state index is 11.9. The van der Waals surface area contributed by atoms with Gasteiger partial charge in [-0.1, -0.05) is 32.9 Å². The van der Waals surface area contributed by atoms with Crippen LogP contribution in [0.3, 0.4) is 0 Å². The number of ketones is 1. The van der Waals surface area contributed by atoms with Gasteiger partial charge in [-0.25, -0.2) is 0 Å². The van der Waals surface area contributed by atoms with Crippen LogP contribution in [0.1, 0.15) is 65.7 Å². The number of fused-ring (bicyclic) bond motifs is 5. The van der Waals surface area contributed by atoms with Crippen molar-refractivity contribution < 1.29 is 4.79 Å². The average Bonchev–Trinajstić information content (AvgIpc) is 2.76. The largest absolute Gasteiger partial charge is 0.300 e. The Bertz CT molecular complexity index is 492. The minimum absolute atomic E-state index is 0.403. The summed E-state index contributed by atoms with van der Waals surface area (Å²) in [6.45, 7) is 7.56. The van der Waals surface area contributed by atoms with Gasteiger partial charge in [0.25, 0.3) is 0 Å². The van der Waals surface area contributed by atoms with Gasteiger partial charge in [0.1, 0.15) is 5.78 Å². The molecule has 0 radical (unpaired) electrons. The third kappa shape index (κ3) is 1.79. The van der Waals surface area contributed by atoms with Crippen molar-refractivity contribution in [1.29, 1.82) is 0 Å². The molecule has 3 saturated carbocycles. The second-order valence-corrected chi connectivity index (χ2v) is 9.05. The Morgan fingerprint density at radius 1 is 1.00 bits per heavy atom. The van der Waals surface area contributed by atoms with E-state index in [1.807, 2.05) is 0 Å². The van der Waals surface area contributed by atoms with Crippen molar-refractivity contribution in [3.63, 3.8) is 0 Å². The Labute approximate surface area is 129 Å². The number of carbonyl (C=O) groups is 1. The topological polar surface area (TPSA) is 17.1 Å². The Kier molecular flexibility index (Phi) is 2.98. The van der Waals surface area contributed by atoms with Crippen molar-refractivity contribution in [3.8, 4) is 0 Å². The first-order chi connectivity index (χ1) is 9.95. The van der Waals surface area contributed by atoms with Crippen LogP contribution in [0.4, 0.5) is 0 Å². The van der Waals surface area contributed by atoms with E-state index in [-0.39, 0.29) is 0 Å². The second-order valence-electron chi connectivity index (χ2n) is 9.05. The average molecular weight is 286 g/mol. The standard InChI is InChI=1S/C20H30O/c1-13-4-7-17-16-6-5-14-12-15(21)8-10-20(14,3)18(16)9-11-19(13,17)2/h5-6,13-14,16-18H,4,7-12H2,1-3H3/t13-,14?,16?,17?,18?,19+,20-/m0/s1. The van der Waals surface area contributed by atoms with Crippen LogP contribution >= 0.6 is 0 Å². The van der Waals surface area contributed by atoms with Gasteiger partial charge in [-0.3, -0.25) is 4.79 Å². The van der Waals surface area contributed by atoms with E-state index in [0.29, 0.717) is 22.5 Å². The fraction of sp³-hybridized carbons (Fsp3) is 0.850. The van der Waals surface area contributed by atoms with E-state index in [4.69, 9.17) is 0 Å². The predicted molar refractivity (Wildman–Crippen MR) is 85.8 cm³/mol.